The molecule has 0 aliphatic heterocycles. The lowest BCUT2D eigenvalue weighted by Crippen LogP contribution is -2.35. The fourth-order valence-electron chi connectivity index (χ4n) is 1.65. The molecule has 0 bridgehead atoms. The van der Waals surface area contributed by atoms with E-state index in [1.54, 1.807) is 27.7 Å². The molecule has 1 N–H and O–H groups in total. The van der Waals surface area contributed by atoms with Gasteiger partial charge in [0.25, 0.3) is 5.92 Å². The average Bonchev–Trinajstić information content (AvgIpc) is 2.28. The Labute approximate surface area is 134 Å². The van der Waals surface area contributed by atoms with Crippen LogP contribution in [0.3, 0.4) is 0 Å². The number of nitrogens with one attached hydrogen (secondary N) is 1. The molecular weight excluding hydrogens is 367 g/mol. The summed E-state index contributed by atoms with van der Waals surface area (Å²) in [6.07, 6.45) is 0. The Balaban J connectivity index is 3.20. The summed E-state index contributed by atoms with van der Waals surface area (Å²) in [5.41, 5.74) is -0.624. The molecule has 1 unspecified atom stereocenters. The summed E-state index contributed by atoms with van der Waals surface area (Å²) in [6, 6.07) is 1.82. The molecule has 0 fully saturated rings. The molecule has 0 saturated heterocycles. The highest BCUT2D eigenvalue weighted by molar-refractivity contribution is 9.10. The summed E-state index contributed by atoms with van der Waals surface area (Å²) < 4.78 is 55.8. The minimum Gasteiger partial charge on any atom is -0.242 e. The molecule has 0 aromatic heterocycles. The molecule has 120 valence electrons. The molecule has 0 saturated carbocycles. The van der Waals surface area contributed by atoms with Crippen molar-refractivity contribution in [1.29, 1.82) is 0 Å². The van der Waals surface area contributed by atoms with E-state index in [9.17, 15) is 17.4 Å². The Kier molecular flexibility index (Phi) is 5.67. The topological polar surface area (TPSA) is 29.1 Å². The largest absolute Gasteiger partial charge is 0.273 e. The van der Waals surface area contributed by atoms with Gasteiger partial charge in [-0.1, -0.05) is 15.9 Å². The SMILES string of the molecule is C[C@@H](NS(=O)C(C)(C)C)c1cc(Br)cc(C(C)(F)F)c1F. The Morgan fingerprint density at radius 1 is 1.24 bits per heavy atom. The highest BCUT2D eigenvalue weighted by Crippen LogP contribution is 2.35. The number of hydrogen-bond acceptors (Lipinski definition) is 1. The van der Waals surface area contributed by atoms with E-state index in [1.807, 2.05) is 0 Å². The lowest BCUT2D eigenvalue weighted by atomic mass is 10.0. The van der Waals surface area contributed by atoms with Gasteiger partial charge in [0.05, 0.1) is 21.3 Å². The van der Waals surface area contributed by atoms with Crippen LogP contribution < -0.4 is 4.72 Å². The third-order valence-electron chi connectivity index (χ3n) is 2.84. The maximum Gasteiger partial charge on any atom is 0.273 e. The first-order valence-corrected chi connectivity index (χ1v) is 8.33. The normalized spacial score (nSPS) is 15.9. The van der Waals surface area contributed by atoms with E-state index >= 15 is 0 Å². The van der Waals surface area contributed by atoms with Crippen molar-refractivity contribution in [1.82, 2.24) is 4.72 Å². The summed E-state index contributed by atoms with van der Waals surface area (Å²) in [5, 5.41) is 0. The zero-order valence-corrected chi connectivity index (χ0v) is 15.0. The number of hydrogen-bond donors (Lipinski definition) is 1. The van der Waals surface area contributed by atoms with Crippen LogP contribution in [0, 0.1) is 5.82 Å². The van der Waals surface area contributed by atoms with E-state index in [-0.39, 0.29) is 5.56 Å². The van der Waals surface area contributed by atoms with Gasteiger partial charge in [0.1, 0.15) is 5.82 Å². The molecule has 0 aliphatic carbocycles. The molecule has 0 amide bonds. The number of alkyl halides is 2. The molecule has 0 radical (unpaired) electrons. The fourth-order valence-corrected chi connectivity index (χ4v) is 2.92. The van der Waals surface area contributed by atoms with Crippen LogP contribution in [0.25, 0.3) is 0 Å². The smallest absolute Gasteiger partial charge is 0.242 e. The van der Waals surface area contributed by atoms with E-state index in [0.29, 0.717) is 11.4 Å². The van der Waals surface area contributed by atoms with Crippen LogP contribution >= 0.6 is 15.9 Å². The van der Waals surface area contributed by atoms with Crippen LogP contribution in [0.5, 0.6) is 0 Å². The third-order valence-corrected chi connectivity index (χ3v) is 4.98. The van der Waals surface area contributed by atoms with Crippen LogP contribution in [-0.2, 0) is 16.9 Å². The molecule has 1 aromatic rings. The monoisotopic (exact) mass is 385 g/mol. The molecule has 0 aliphatic rings. The minimum atomic E-state index is -3.29. The van der Waals surface area contributed by atoms with Crippen molar-refractivity contribution in [2.75, 3.05) is 0 Å². The lowest BCUT2D eigenvalue weighted by molar-refractivity contribution is 0.0135. The summed E-state index contributed by atoms with van der Waals surface area (Å²) in [5.74, 6) is -4.26. The van der Waals surface area contributed by atoms with Crippen molar-refractivity contribution in [3.63, 3.8) is 0 Å². The Hall–Kier alpha value is -0.400. The molecular formula is C14H19BrF3NOS. The van der Waals surface area contributed by atoms with Gasteiger partial charge >= 0.3 is 0 Å². The van der Waals surface area contributed by atoms with E-state index in [0.717, 1.165) is 6.07 Å². The standard InChI is InChI=1S/C14H19BrF3NOS/c1-8(19-21(20)13(2,3)4)10-6-9(15)7-11(12(10)16)14(5,17)18/h6-8,19H,1-5H3/t8-,21?/m1/s1. The van der Waals surface area contributed by atoms with Gasteiger partial charge in [0, 0.05) is 23.0 Å². The van der Waals surface area contributed by atoms with Gasteiger partial charge in [0.2, 0.25) is 0 Å². The first-order valence-electron chi connectivity index (χ1n) is 6.39. The molecule has 1 aromatic carbocycles. The van der Waals surface area contributed by atoms with E-state index < -0.39 is 39.1 Å². The molecule has 0 spiro atoms. The van der Waals surface area contributed by atoms with Gasteiger partial charge in [-0.25, -0.2) is 22.1 Å². The lowest BCUT2D eigenvalue weighted by Gasteiger charge is -2.23. The molecule has 7 heteroatoms. The van der Waals surface area contributed by atoms with E-state index in [4.69, 9.17) is 0 Å². The predicted molar refractivity (Wildman–Crippen MR) is 83.1 cm³/mol. The summed E-state index contributed by atoms with van der Waals surface area (Å²) in [6.45, 7) is 7.54. The summed E-state index contributed by atoms with van der Waals surface area (Å²) >= 11 is 3.11. The Morgan fingerprint density at radius 3 is 2.19 bits per heavy atom. The summed E-state index contributed by atoms with van der Waals surface area (Å²) in [4.78, 5) is 0. The van der Waals surface area contributed by atoms with Crippen molar-refractivity contribution in [2.24, 2.45) is 0 Å². The molecule has 0 heterocycles. The van der Waals surface area contributed by atoms with Gasteiger partial charge in [-0.15, -0.1) is 0 Å². The van der Waals surface area contributed by atoms with Crippen LogP contribution in [0.15, 0.2) is 16.6 Å². The number of rotatable bonds is 4. The van der Waals surface area contributed by atoms with Crippen molar-refractivity contribution < 1.29 is 17.4 Å². The van der Waals surface area contributed by atoms with Gasteiger partial charge in [0.15, 0.2) is 0 Å². The van der Waals surface area contributed by atoms with Gasteiger partial charge in [-0.2, -0.15) is 0 Å². The zero-order chi connectivity index (χ0) is 16.6. The minimum absolute atomic E-state index is 0.0542. The maximum atomic E-state index is 14.3. The van der Waals surface area contributed by atoms with Crippen LogP contribution in [0.1, 0.15) is 51.8 Å². The zero-order valence-electron chi connectivity index (χ0n) is 12.6. The number of halogens is 4. The van der Waals surface area contributed by atoms with Crippen molar-refractivity contribution in [2.45, 2.75) is 51.3 Å². The molecule has 21 heavy (non-hydrogen) atoms. The van der Waals surface area contributed by atoms with Crippen molar-refractivity contribution in [3.8, 4) is 0 Å². The van der Waals surface area contributed by atoms with Crippen molar-refractivity contribution >= 4 is 26.9 Å². The number of benzene rings is 1. The third kappa shape index (κ3) is 4.79. The maximum absolute atomic E-state index is 14.3. The van der Waals surface area contributed by atoms with Crippen molar-refractivity contribution in [3.05, 3.63) is 33.5 Å². The highest BCUT2D eigenvalue weighted by Gasteiger charge is 2.32. The van der Waals surface area contributed by atoms with Gasteiger partial charge < -0.3 is 0 Å². The second-order valence-corrected chi connectivity index (χ2v) is 8.88. The van der Waals surface area contributed by atoms with Crippen LogP contribution in [-0.4, -0.2) is 8.96 Å². The fraction of sp³-hybridized carbons (Fsp3) is 0.571. The Morgan fingerprint density at radius 2 is 1.76 bits per heavy atom. The highest BCUT2D eigenvalue weighted by atomic mass is 79.9. The van der Waals surface area contributed by atoms with Crippen LogP contribution in [0.4, 0.5) is 13.2 Å². The van der Waals surface area contributed by atoms with E-state index in [2.05, 4.69) is 20.7 Å². The average molecular weight is 386 g/mol. The quantitative estimate of drug-likeness (QED) is 0.791. The second-order valence-electron chi connectivity index (χ2n) is 5.97. The van der Waals surface area contributed by atoms with Crippen LogP contribution in [0.2, 0.25) is 0 Å². The molecule has 2 atom stereocenters. The Bertz CT molecular complexity index is 552. The molecule has 2 nitrogen and oxygen atoms in total. The second kappa shape index (κ2) is 6.38. The first kappa shape index (κ1) is 18.6. The predicted octanol–water partition coefficient (Wildman–Crippen LogP) is 4.81. The van der Waals surface area contributed by atoms with E-state index in [1.165, 1.54) is 6.07 Å². The summed E-state index contributed by atoms with van der Waals surface area (Å²) in [7, 11) is -1.43. The molecule has 1 rings (SSSR count). The first-order chi connectivity index (χ1) is 9.34. The van der Waals surface area contributed by atoms with Gasteiger partial charge in [-0.3, -0.25) is 0 Å². The van der Waals surface area contributed by atoms with Gasteiger partial charge in [-0.05, 0) is 39.8 Å².